The Kier molecular flexibility index (Phi) is 6.39. The normalized spacial score (nSPS) is 19.1. The van der Waals surface area contributed by atoms with E-state index in [1.807, 2.05) is 20.8 Å². The first kappa shape index (κ1) is 17.4. The maximum atomic E-state index is 11.9. The lowest BCUT2D eigenvalue weighted by Gasteiger charge is -2.41. The fourth-order valence-electron chi connectivity index (χ4n) is 2.25. The number of hydrogen-bond donors (Lipinski definition) is 2. The number of quaternary nitrogens is 1. The Morgan fingerprint density at radius 2 is 1.95 bits per heavy atom. The summed E-state index contributed by atoms with van der Waals surface area (Å²) >= 11 is 0. The minimum absolute atomic E-state index is 0.198. The van der Waals surface area contributed by atoms with Gasteiger partial charge in [-0.25, -0.2) is 0 Å². The van der Waals surface area contributed by atoms with Gasteiger partial charge in [0.2, 0.25) is 6.29 Å². The molecule has 0 amide bonds. The summed E-state index contributed by atoms with van der Waals surface area (Å²) < 4.78 is 11.2. The van der Waals surface area contributed by atoms with Crippen LogP contribution < -0.4 is 0 Å². The molecule has 0 radical (unpaired) electrons. The minimum atomic E-state index is -1.35. The third-order valence-electron chi connectivity index (χ3n) is 4.21. The molecule has 0 aromatic carbocycles. The topological polar surface area (TPSA) is 76.0 Å². The summed E-state index contributed by atoms with van der Waals surface area (Å²) in [6.07, 6.45) is -0.620. The van der Waals surface area contributed by atoms with Crippen molar-refractivity contribution < 1.29 is 29.0 Å². The van der Waals surface area contributed by atoms with Crippen molar-refractivity contribution in [1.29, 1.82) is 0 Å². The number of esters is 1. The van der Waals surface area contributed by atoms with E-state index in [9.17, 15) is 15.0 Å². The van der Waals surface area contributed by atoms with E-state index < -0.39 is 11.7 Å². The molecule has 1 rings (SSSR count). The van der Waals surface area contributed by atoms with Gasteiger partial charge in [0.25, 0.3) is 0 Å². The molecule has 0 saturated carbocycles. The molecule has 0 bridgehead atoms. The number of carbonyl (C=O) groups excluding carboxylic acids is 1. The van der Waals surface area contributed by atoms with Crippen LogP contribution in [0.3, 0.4) is 0 Å². The van der Waals surface area contributed by atoms with Crippen LogP contribution in [0.2, 0.25) is 0 Å². The first-order valence-corrected chi connectivity index (χ1v) is 7.27. The molecule has 6 nitrogen and oxygen atoms in total. The van der Waals surface area contributed by atoms with Gasteiger partial charge in [-0.1, -0.05) is 6.92 Å². The molecule has 0 aliphatic carbocycles. The molecule has 0 aromatic heterocycles. The smallest absolute Gasteiger partial charge is 0.311 e. The second kappa shape index (κ2) is 7.36. The zero-order chi connectivity index (χ0) is 15.2. The summed E-state index contributed by atoms with van der Waals surface area (Å²) in [4.78, 5) is 11.9. The zero-order valence-corrected chi connectivity index (χ0v) is 12.8. The van der Waals surface area contributed by atoms with Crippen molar-refractivity contribution >= 4 is 5.97 Å². The number of aliphatic hydroxyl groups excluding tert-OH is 1. The molecule has 118 valence electrons. The second-order valence-electron chi connectivity index (χ2n) is 6.16. The molecule has 20 heavy (non-hydrogen) atoms. The third-order valence-corrected chi connectivity index (χ3v) is 4.21. The molecule has 1 aliphatic heterocycles. The molecule has 0 atom stereocenters. The molecule has 1 fully saturated rings. The molecule has 2 N–H and O–H groups in total. The Hall–Kier alpha value is -0.690. The van der Waals surface area contributed by atoms with E-state index in [0.29, 0.717) is 43.9 Å². The van der Waals surface area contributed by atoms with Gasteiger partial charge in [0.1, 0.15) is 32.8 Å². The Morgan fingerprint density at radius 1 is 1.35 bits per heavy atom. The molecule has 0 unspecified atom stereocenters. The fourth-order valence-corrected chi connectivity index (χ4v) is 2.25. The maximum absolute atomic E-state index is 11.9. The molecule has 1 aliphatic rings. The Balaban J connectivity index is 2.49. The number of hydrogen-bond acceptors (Lipinski definition) is 5. The summed E-state index contributed by atoms with van der Waals surface area (Å²) in [7, 11) is 0. The van der Waals surface area contributed by atoms with Crippen molar-refractivity contribution in [1.82, 2.24) is 0 Å². The largest absolute Gasteiger partial charge is 0.459 e. The van der Waals surface area contributed by atoms with Crippen molar-refractivity contribution in [2.45, 2.75) is 33.5 Å². The van der Waals surface area contributed by atoms with E-state index in [1.165, 1.54) is 0 Å². The summed E-state index contributed by atoms with van der Waals surface area (Å²) in [5, 5.41) is 18.5. The standard InChI is InChI=1S/C14H28NO5/c1-4-14(2,3)13(18)20-10-7-15(11-12(16)17)5-8-19-9-6-15/h12,16-17H,4-11H2,1-3H3/q+1. The van der Waals surface area contributed by atoms with E-state index in [2.05, 4.69) is 0 Å². The Bertz CT molecular complexity index is 311. The summed E-state index contributed by atoms with van der Waals surface area (Å²) in [6.45, 7) is 9.46. The van der Waals surface area contributed by atoms with Crippen LogP contribution in [0.25, 0.3) is 0 Å². The van der Waals surface area contributed by atoms with Gasteiger partial charge in [0.05, 0.1) is 18.6 Å². The number of ether oxygens (including phenoxy) is 2. The monoisotopic (exact) mass is 290 g/mol. The third kappa shape index (κ3) is 5.01. The number of nitrogens with zero attached hydrogens (tertiary/aromatic N) is 1. The van der Waals surface area contributed by atoms with Gasteiger partial charge >= 0.3 is 5.97 Å². The molecule has 1 saturated heterocycles. The average molecular weight is 290 g/mol. The van der Waals surface area contributed by atoms with Gasteiger partial charge in [-0.2, -0.15) is 0 Å². The molecule has 0 aromatic rings. The second-order valence-corrected chi connectivity index (χ2v) is 6.16. The molecule has 0 spiro atoms. The predicted octanol–water partition coefficient (Wildman–Crippen LogP) is 0.124. The summed E-state index contributed by atoms with van der Waals surface area (Å²) in [6, 6.07) is 0. The van der Waals surface area contributed by atoms with Gasteiger partial charge in [0.15, 0.2) is 0 Å². The van der Waals surface area contributed by atoms with Crippen LogP contribution in [0.5, 0.6) is 0 Å². The van der Waals surface area contributed by atoms with Crippen LogP contribution in [0.15, 0.2) is 0 Å². The highest BCUT2D eigenvalue weighted by molar-refractivity contribution is 5.75. The molecule has 1 heterocycles. The lowest BCUT2D eigenvalue weighted by Crippen LogP contribution is -2.59. The molecular formula is C14H28NO5+. The Labute approximate surface area is 120 Å². The van der Waals surface area contributed by atoms with Crippen LogP contribution in [0.1, 0.15) is 27.2 Å². The minimum Gasteiger partial charge on any atom is -0.459 e. The first-order valence-electron chi connectivity index (χ1n) is 7.27. The van der Waals surface area contributed by atoms with Crippen molar-refractivity contribution in [3.05, 3.63) is 0 Å². The van der Waals surface area contributed by atoms with Crippen LogP contribution in [-0.2, 0) is 14.3 Å². The van der Waals surface area contributed by atoms with Crippen LogP contribution >= 0.6 is 0 Å². The van der Waals surface area contributed by atoms with Gasteiger partial charge < -0.3 is 24.2 Å². The zero-order valence-electron chi connectivity index (χ0n) is 12.8. The Morgan fingerprint density at radius 3 is 2.45 bits per heavy atom. The van der Waals surface area contributed by atoms with E-state index in [4.69, 9.17) is 9.47 Å². The lowest BCUT2D eigenvalue weighted by atomic mass is 9.91. The number of morpholine rings is 1. The number of carbonyl (C=O) groups is 1. The lowest BCUT2D eigenvalue weighted by molar-refractivity contribution is -0.940. The van der Waals surface area contributed by atoms with Gasteiger partial charge in [-0.3, -0.25) is 4.79 Å². The quantitative estimate of drug-likeness (QED) is 0.396. The highest BCUT2D eigenvalue weighted by Gasteiger charge is 2.33. The van der Waals surface area contributed by atoms with E-state index in [1.54, 1.807) is 0 Å². The van der Waals surface area contributed by atoms with Crippen molar-refractivity contribution in [2.75, 3.05) is 46.0 Å². The highest BCUT2D eigenvalue weighted by Crippen LogP contribution is 2.21. The van der Waals surface area contributed by atoms with Gasteiger partial charge in [0, 0.05) is 0 Å². The predicted molar refractivity (Wildman–Crippen MR) is 73.8 cm³/mol. The van der Waals surface area contributed by atoms with Crippen molar-refractivity contribution in [3.8, 4) is 0 Å². The van der Waals surface area contributed by atoms with Crippen LogP contribution in [-0.4, -0.2) is 73.0 Å². The van der Waals surface area contributed by atoms with Crippen molar-refractivity contribution in [3.63, 3.8) is 0 Å². The summed E-state index contributed by atoms with van der Waals surface area (Å²) in [5.41, 5.74) is -0.466. The van der Waals surface area contributed by atoms with Gasteiger partial charge in [-0.15, -0.1) is 0 Å². The molecular weight excluding hydrogens is 262 g/mol. The van der Waals surface area contributed by atoms with Crippen LogP contribution in [0, 0.1) is 5.41 Å². The number of aliphatic hydroxyl groups is 2. The number of rotatable bonds is 7. The average Bonchev–Trinajstić information content (AvgIpc) is 2.38. The van der Waals surface area contributed by atoms with E-state index in [0.717, 1.165) is 6.42 Å². The first-order chi connectivity index (χ1) is 9.31. The van der Waals surface area contributed by atoms with E-state index >= 15 is 0 Å². The maximum Gasteiger partial charge on any atom is 0.311 e. The summed E-state index contributed by atoms with van der Waals surface area (Å²) in [5.74, 6) is -0.198. The van der Waals surface area contributed by atoms with Crippen LogP contribution in [0.4, 0.5) is 0 Å². The van der Waals surface area contributed by atoms with Gasteiger partial charge in [-0.05, 0) is 20.3 Å². The van der Waals surface area contributed by atoms with E-state index in [-0.39, 0.29) is 12.5 Å². The molecule has 6 heteroatoms. The fraction of sp³-hybridized carbons (Fsp3) is 0.929. The SMILES string of the molecule is CCC(C)(C)C(=O)OCC[N+]1(CC(O)O)CCOCC1. The van der Waals surface area contributed by atoms with Crippen molar-refractivity contribution in [2.24, 2.45) is 5.41 Å². The highest BCUT2D eigenvalue weighted by atomic mass is 16.5.